The Morgan fingerprint density at radius 2 is 2.00 bits per heavy atom. The maximum Gasteiger partial charge on any atom is 0.0940 e. The number of hydrogen-bond donors (Lipinski definition) is 1. The standard InChI is InChI=1S/C15H23BrO2S/c1-14(2)4-6-15(18-3,7-5-14)13(17)9-12-8-11(16)10-19-12/h8,10,13,17H,4-7,9H2,1-3H3. The Morgan fingerprint density at radius 1 is 1.37 bits per heavy atom. The van der Waals surface area contributed by atoms with Crippen LogP contribution in [0.4, 0.5) is 0 Å². The molecule has 0 bridgehead atoms. The first-order valence-corrected chi connectivity index (χ1v) is 8.50. The Hall–Kier alpha value is 0.1000. The molecule has 0 aliphatic heterocycles. The summed E-state index contributed by atoms with van der Waals surface area (Å²) in [5, 5.41) is 12.7. The Bertz CT molecular complexity index is 418. The highest BCUT2D eigenvalue weighted by molar-refractivity contribution is 9.10. The van der Waals surface area contributed by atoms with E-state index >= 15 is 0 Å². The maximum atomic E-state index is 10.6. The van der Waals surface area contributed by atoms with Crippen LogP contribution in [0.15, 0.2) is 15.9 Å². The van der Waals surface area contributed by atoms with Crippen molar-refractivity contribution in [2.24, 2.45) is 5.41 Å². The van der Waals surface area contributed by atoms with Crippen molar-refractivity contribution in [3.63, 3.8) is 0 Å². The van der Waals surface area contributed by atoms with E-state index in [0.29, 0.717) is 11.8 Å². The minimum absolute atomic E-state index is 0.355. The molecule has 1 aliphatic rings. The van der Waals surface area contributed by atoms with Crippen LogP contribution < -0.4 is 0 Å². The largest absolute Gasteiger partial charge is 0.390 e. The zero-order chi connectivity index (χ0) is 14.1. The third-order valence-corrected chi connectivity index (χ3v) is 6.20. The SMILES string of the molecule is COC1(C(O)Cc2cc(Br)cs2)CCC(C)(C)CC1. The first-order chi connectivity index (χ1) is 8.87. The summed E-state index contributed by atoms with van der Waals surface area (Å²) in [5.41, 5.74) is 0.0275. The summed E-state index contributed by atoms with van der Waals surface area (Å²) in [7, 11) is 1.74. The lowest BCUT2D eigenvalue weighted by Gasteiger charge is -2.45. The number of thiophene rings is 1. The Labute approximate surface area is 128 Å². The molecule has 2 rings (SSSR count). The minimum Gasteiger partial charge on any atom is -0.390 e. The highest BCUT2D eigenvalue weighted by Crippen LogP contribution is 2.44. The second kappa shape index (κ2) is 5.84. The van der Waals surface area contributed by atoms with Crippen LogP contribution in [0.2, 0.25) is 0 Å². The van der Waals surface area contributed by atoms with Gasteiger partial charge in [-0.05, 0) is 53.1 Å². The summed E-state index contributed by atoms with van der Waals surface area (Å²) in [5.74, 6) is 0. The van der Waals surface area contributed by atoms with Gasteiger partial charge < -0.3 is 9.84 Å². The number of rotatable bonds is 4. The Balaban J connectivity index is 2.05. The van der Waals surface area contributed by atoms with Gasteiger partial charge in [-0.25, -0.2) is 0 Å². The van der Waals surface area contributed by atoms with Crippen LogP contribution in [0, 0.1) is 5.41 Å². The van der Waals surface area contributed by atoms with Crippen LogP contribution in [0.25, 0.3) is 0 Å². The zero-order valence-corrected chi connectivity index (χ0v) is 14.3. The smallest absolute Gasteiger partial charge is 0.0940 e. The maximum absolute atomic E-state index is 10.6. The molecule has 4 heteroatoms. The lowest BCUT2D eigenvalue weighted by Crippen LogP contribution is -2.49. The van der Waals surface area contributed by atoms with Crippen molar-refractivity contribution in [2.45, 2.75) is 57.7 Å². The van der Waals surface area contributed by atoms with E-state index < -0.39 is 6.10 Å². The Morgan fingerprint density at radius 3 is 2.47 bits per heavy atom. The molecule has 1 heterocycles. The molecule has 108 valence electrons. The highest BCUT2D eigenvalue weighted by Gasteiger charge is 2.43. The molecular formula is C15H23BrO2S. The third kappa shape index (κ3) is 3.60. The number of ether oxygens (including phenoxy) is 1. The summed E-state index contributed by atoms with van der Waals surface area (Å²) in [6.45, 7) is 4.60. The Kier molecular flexibility index (Phi) is 4.76. The average molecular weight is 347 g/mol. The van der Waals surface area contributed by atoms with Gasteiger partial charge in [0.2, 0.25) is 0 Å². The second-order valence-electron chi connectivity index (χ2n) is 6.38. The van der Waals surface area contributed by atoms with Crippen LogP contribution in [-0.2, 0) is 11.2 Å². The molecule has 1 unspecified atom stereocenters. The van der Waals surface area contributed by atoms with E-state index in [0.717, 1.165) is 30.2 Å². The molecule has 1 N–H and O–H groups in total. The normalized spacial score (nSPS) is 23.2. The molecule has 2 nitrogen and oxygen atoms in total. The van der Waals surface area contributed by atoms with E-state index in [1.807, 2.05) is 0 Å². The number of aliphatic hydroxyl groups is 1. The molecule has 0 aromatic carbocycles. The van der Waals surface area contributed by atoms with Crippen molar-refractivity contribution in [3.8, 4) is 0 Å². The van der Waals surface area contributed by atoms with Gasteiger partial charge in [-0.15, -0.1) is 11.3 Å². The van der Waals surface area contributed by atoms with Gasteiger partial charge in [0.15, 0.2) is 0 Å². The van der Waals surface area contributed by atoms with Gasteiger partial charge in [0, 0.05) is 28.3 Å². The van der Waals surface area contributed by atoms with Crippen molar-refractivity contribution < 1.29 is 9.84 Å². The predicted molar refractivity (Wildman–Crippen MR) is 83.7 cm³/mol. The number of methoxy groups -OCH3 is 1. The molecule has 1 aromatic rings. The van der Waals surface area contributed by atoms with Crippen LogP contribution in [0.5, 0.6) is 0 Å². The van der Waals surface area contributed by atoms with Gasteiger partial charge in [-0.3, -0.25) is 0 Å². The van der Waals surface area contributed by atoms with E-state index in [1.54, 1.807) is 18.4 Å². The molecular weight excluding hydrogens is 324 g/mol. The molecule has 1 atom stereocenters. The molecule has 1 saturated carbocycles. The van der Waals surface area contributed by atoms with Crippen molar-refractivity contribution in [3.05, 3.63) is 20.8 Å². The zero-order valence-electron chi connectivity index (χ0n) is 11.9. The van der Waals surface area contributed by atoms with Gasteiger partial charge >= 0.3 is 0 Å². The van der Waals surface area contributed by atoms with Crippen molar-refractivity contribution in [2.75, 3.05) is 7.11 Å². The van der Waals surface area contributed by atoms with Crippen LogP contribution >= 0.6 is 27.3 Å². The predicted octanol–water partition coefficient (Wildman–Crippen LogP) is 4.40. The average Bonchev–Trinajstić information content (AvgIpc) is 2.75. The molecule has 0 spiro atoms. The van der Waals surface area contributed by atoms with Gasteiger partial charge in [0.1, 0.15) is 0 Å². The highest BCUT2D eigenvalue weighted by atomic mass is 79.9. The fraction of sp³-hybridized carbons (Fsp3) is 0.733. The van der Waals surface area contributed by atoms with Crippen LogP contribution in [-0.4, -0.2) is 23.9 Å². The molecule has 1 fully saturated rings. The van der Waals surface area contributed by atoms with E-state index in [2.05, 4.69) is 41.2 Å². The lowest BCUT2D eigenvalue weighted by molar-refractivity contribution is -0.135. The fourth-order valence-corrected chi connectivity index (χ4v) is 4.35. The fourth-order valence-electron chi connectivity index (χ4n) is 2.86. The van der Waals surface area contributed by atoms with Crippen molar-refractivity contribution >= 4 is 27.3 Å². The van der Waals surface area contributed by atoms with E-state index in [4.69, 9.17) is 4.74 Å². The minimum atomic E-state index is -0.417. The van der Waals surface area contributed by atoms with Gasteiger partial charge in [-0.2, -0.15) is 0 Å². The molecule has 19 heavy (non-hydrogen) atoms. The lowest BCUT2D eigenvalue weighted by atomic mass is 9.68. The van der Waals surface area contributed by atoms with E-state index in [1.165, 1.54) is 4.88 Å². The number of halogens is 1. The summed E-state index contributed by atoms with van der Waals surface area (Å²) < 4.78 is 6.85. The summed E-state index contributed by atoms with van der Waals surface area (Å²) >= 11 is 5.15. The molecule has 0 radical (unpaired) electrons. The molecule has 0 amide bonds. The van der Waals surface area contributed by atoms with E-state index in [9.17, 15) is 5.11 Å². The van der Waals surface area contributed by atoms with Crippen LogP contribution in [0.1, 0.15) is 44.4 Å². The summed E-state index contributed by atoms with van der Waals surface area (Å²) in [6.07, 6.45) is 4.40. The first-order valence-electron chi connectivity index (χ1n) is 6.83. The van der Waals surface area contributed by atoms with Gasteiger partial charge in [0.05, 0.1) is 11.7 Å². The first kappa shape index (κ1) is 15.5. The molecule has 0 saturated heterocycles. The number of hydrogen-bond acceptors (Lipinski definition) is 3. The van der Waals surface area contributed by atoms with E-state index in [-0.39, 0.29) is 5.60 Å². The number of aliphatic hydroxyl groups excluding tert-OH is 1. The third-order valence-electron chi connectivity index (χ3n) is 4.48. The van der Waals surface area contributed by atoms with Crippen LogP contribution in [0.3, 0.4) is 0 Å². The van der Waals surface area contributed by atoms with Crippen molar-refractivity contribution in [1.82, 2.24) is 0 Å². The second-order valence-corrected chi connectivity index (χ2v) is 8.30. The van der Waals surface area contributed by atoms with Gasteiger partial charge in [0.25, 0.3) is 0 Å². The molecule has 1 aromatic heterocycles. The van der Waals surface area contributed by atoms with Gasteiger partial charge in [-0.1, -0.05) is 13.8 Å². The topological polar surface area (TPSA) is 29.5 Å². The summed E-state index contributed by atoms with van der Waals surface area (Å²) in [6, 6.07) is 2.09. The summed E-state index contributed by atoms with van der Waals surface area (Å²) in [4.78, 5) is 1.21. The molecule has 1 aliphatic carbocycles. The monoisotopic (exact) mass is 346 g/mol. The van der Waals surface area contributed by atoms with Crippen molar-refractivity contribution in [1.29, 1.82) is 0 Å². The quantitative estimate of drug-likeness (QED) is 0.875.